The van der Waals surface area contributed by atoms with Gasteiger partial charge in [0, 0.05) is 31.9 Å². The number of nitrogens with zero attached hydrogens (tertiary/aromatic N) is 1. The summed E-state index contributed by atoms with van der Waals surface area (Å²) in [7, 11) is 1.79. The Morgan fingerprint density at radius 3 is 2.73 bits per heavy atom. The molecule has 26 heavy (non-hydrogen) atoms. The molecule has 1 atom stereocenters. The minimum absolute atomic E-state index is 0. The van der Waals surface area contributed by atoms with Crippen LogP contribution in [-0.4, -0.2) is 37.7 Å². The molecular weight excluding hydrogens is 443 g/mol. The van der Waals surface area contributed by atoms with Crippen molar-refractivity contribution in [1.29, 1.82) is 0 Å². The minimum atomic E-state index is -0.309. The van der Waals surface area contributed by atoms with Gasteiger partial charge in [-0.05, 0) is 43.4 Å². The van der Waals surface area contributed by atoms with E-state index in [-0.39, 0.29) is 36.0 Å². The molecule has 1 aliphatic heterocycles. The quantitative estimate of drug-likeness (QED) is 0.350. The summed E-state index contributed by atoms with van der Waals surface area (Å²) >= 11 is 0. The third-order valence-electron chi connectivity index (χ3n) is 4.80. The molecule has 7 heteroatoms. The molecular formula is C19H29IN4O2. The van der Waals surface area contributed by atoms with Crippen LogP contribution in [0.4, 0.5) is 5.69 Å². The fourth-order valence-corrected chi connectivity index (χ4v) is 3.41. The Kier molecular flexibility index (Phi) is 8.64. The summed E-state index contributed by atoms with van der Waals surface area (Å²) in [6.07, 6.45) is 6.46. The van der Waals surface area contributed by atoms with E-state index in [1.807, 2.05) is 24.3 Å². The molecule has 1 aliphatic carbocycles. The average Bonchev–Trinajstić information content (AvgIpc) is 3.32. The molecule has 0 radical (unpaired) electrons. The van der Waals surface area contributed by atoms with Crippen molar-refractivity contribution in [3.05, 3.63) is 29.8 Å². The van der Waals surface area contributed by atoms with Gasteiger partial charge >= 0.3 is 0 Å². The lowest BCUT2D eigenvalue weighted by atomic mass is 10.2. The summed E-state index contributed by atoms with van der Waals surface area (Å²) in [5.41, 5.74) is 1.90. The molecule has 1 saturated heterocycles. The predicted octanol–water partition coefficient (Wildman–Crippen LogP) is 3.03. The molecule has 144 valence electrons. The molecule has 0 aromatic heterocycles. The van der Waals surface area contributed by atoms with Gasteiger partial charge in [0.2, 0.25) is 0 Å². The zero-order valence-corrected chi connectivity index (χ0v) is 17.6. The Balaban J connectivity index is 0.00000243. The lowest BCUT2D eigenvalue weighted by Gasteiger charge is -2.17. The van der Waals surface area contributed by atoms with E-state index in [1.165, 1.54) is 25.7 Å². The van der Waals surface area contributed by atoms with Crippen LogP contribution in [-0.2, 0) is 16.1 Å². The number of nitrogens with one attached hydrogen (secondary N) is 3. The smallest absolute Gasteiger partial charge is 0.253 e. The number of guanidine groups is 1. The van der Waals surface area contributed by atoms with Gasteiger partial charge in [0.25, 0.3) is 5.91 Å². The fraction of sp³-hybridized carbons (Fsp3) is 0.579. The van der Waals surface area contributed by atoms with Crippen LogP contribution in [0, 0.1) is 0 Å². The Bertz CT molecular complexity index is 611. The third-order valence-corrected chi connectivity index (χ3v) is 4.80. The maximum Gasteiger partial charge on any atom is 0.253 e. The molecule has 1 saturated carbocycles. The number of aliphatic imine (C=N–C) groups is 1. The van der Waals surface area contributed by atoms with Gasteiger partial charge in [-0.25, -0.2) is 0 Å². The molecule has 1 unspecified atom stereocenters. The van der Waals surface area contributed by atoms with Crippen LogP contribution >= 0.6 is 24.0 Å². The first-order chi connectivity index (χ1) is 12.2. The Labute approximate surface area is 172 Å². The zero-order chi connectivity index (χ0) is 17.5. The maximum absolute atomic E-state index is 12.2. The lowest BCUT2D eigenvalue weighted by Crippen LogP contribution is -2.41. The van der Waals surface area contributed by atoms with Crippen LogP contribution < -0.4 is 16.0 Å². The van der Waals surface area contributed by atoms with Crippen molar-refractivity contribution in [1.82, 2.24) is 10.6 Å². The van der Waals surface area contributed by atoms with Gasteiger partial charge in [-0.1, -0.05) is 25.0 Å². The molecule has 1 aromatic carbocycles. The van der Waals surface area contributed by atoms with E-state index in [0.717, 1.165) is 30.1 Å². The van der Waals surface area contributed by atoms with Gasteiger partial charge in [-0.15, -0.1) is 24.0 Å². The number of benzene rings is 1. The largest absolute Gasteiger partial charge is 0.368 e. The summed E-state index contributed by atoms with van der Waals surface area (Å²) in [5, 5.41) is 9.77. The second-order valence-corrected chi connectivity index (χ2v) is 6.74. The zero-order valence-electron chi connectivity index (χ0n) is 15.3. The van der Waals surface area contributed by atoms with Crippen LogP contribution in [0.2, 0.25) is 0 Å². The van der Waals surface area contributed by atoms with Crippen molar-refractivity contribution in [2.75, 3.05) is 19.0 Å². The number of carbonyl (C=O) groups is 1. The first kappa shape index (κ1) is 21.0. The van der Waals surface area contributed by atoms with E-state index in [0.29, 0.717) is 19.2 Å². The topological polar surface area (TPSA) is 74.8 Å². The molecule has 1 aromatic rings. The van der Waals surface area contributed by atoms with E-state index >= 15 is 0 Å². The van der Waals surface area contributed by atoms with Crippen molar-refractivity contribution in [2.24, 2.45) is 4.99 Å². The van der Waals surface area contributed by atoms with E-state index in [9.17, 15) is 4.79 Å². The molecule has 1 amide bonds. The van der Waals surface area contributed by atoms with Gasteiger partial charge in [0.05, 0.1) is 0 Å². The third kappa shape index (κ3) is 6.12. The number of carbonyl (C=O) groups excluding carboxylic acids is 1. The van der Waals surface area contributed by atoms with Crippen molar-refractivity contribution >= 4 is 41.5 Å². The van der Waals surface area contributed by atoms with Crippen molar-refractivity contribution in [3.63, 3.8) is 0 Å². The fourth-order valence-electron chi connectivity index (χ4n) is 3.41. The van der Waals surface area contributed by atoms with Crippen molar-refractivity contribution in [2.45, 2.75) is 57.2 Å². The summed E-state index contributed by atoms with van der Waals surface area (Å²) in [4.78, 5) is 16.4. The summed E-state index contributed by atoms with van der Waals surface area (Å²) in [5.74, 6) is 0.780. The highest BCUT2D eigenvalue weighted by atomic mass is 127. The highest BCUT2D eigenvalue weighted by molar-refractivity contribution is 14.0. The number of amides is 1. The predicted molar refractivity (Wildman–Crippen MR) is 115 cm³/mol. The number of halogens is 1. The summed E-state index contributed by atoms with van der Waals surface area (Å²) in [6, 6.07) is 8.42. The summed E-state index contributed by atoms with van der Waals surface area (Å²) in [6.45, 7) is 1.34. The number of anilines is 1. The first-order valence-corrected chi connectivity index (χ1v) is 9.23. The van der Waals surface area contributed by atoms with Crippen molar-refractivity contribution in [3.8, 4) is 0 Å². The molecule has 0 spiro atoms. The number of hydrogen-bond acceptors (Lipinski definition) is 3. The number of rotatable bonds is 5. The molecule has 1 heterocycles. The maximum atomic E-state index is 12.2. The molecule has 6 nitrogen and oxygen atoms in total. The van der Waals surface area contributed by atoms with Gasteiger partial charge in [-0.2, -0.15) is 0 Å². The number of hydrogen-bond donors (Lipinski definition) is 3. The van der Waals surface area contributed by atoms with Crippen LogP contribution in [0.15, 0.2) is 29.3 Å². The van der Waals surface area contributed by atoms with E-state index in [2.05, 4.69) is 20.9 Å². The van der Waals surface area contributed by atoms with E-state index in [1.54, 1.807) is 7.05 Å². The monoisotopic (exact) mass is 472 g/mol. The van der Waals surface area contributed by atoms with Gasteiger partial charge in [-0.3, -0.25) is 9.79 Å². The van der Waals surface area contributed by atoms with Crippen LogP contribution in [0.1, 0.15) is 44.1 Å². The molecule has 0 bridgehead atoms. The second kappa shape index (κ2) is 10.7. The summed E-state index contributed by atoms with van der Waals surface area (Å²) < 4.78 is 5.43. The van der Waals surface area contributed by atoms with Gasteiger partial charge in [0.1, 0.15) is 6.10 Å². The Morgan fingerprint density at radius 2 is 2.04 bits per heavy atom. The van der Waals surface area contributed by atoms with Crippen molar-refractivity contribution < 1.29 is 9.53 Å². The number of ether oxygens (including phenoxy) is 1. The van der Waals surface area contributed by atoms with E-state index < -0.39 is 0 Å². The van der Waals surface area contributed by atoms with Gasteiger partial charge < -0.3 is 20.7 Å². The van der Waals surface area contributed by atoms with Crippen LogP contribution in [0.5, 0.6) is 0 Å². The standard InChI is InChI=1S/C19H28N4O2.HI/c1-20-19(23-15-7-2-3-8-15)21-13-14-6-4-9-16(12-14)22-18(24)17-10-5-11-25-17;/h4,6,9,12,15,17H,2-3,5,7-8,10-11,13H2,1H3,(H,22,24)(H2,20,21,23);1H. The van der Waals surface area contributed by atoms with E-state index in [4.69, 9.17) is 4.74 Å². The highest BCUT2D eigenvalue weighted by Gasteiger charge is 2.23. The molecule has 3 rings (SSSR count). The molecule has 3 N–H and O–H groups in total. The normalized spacial score (nSPS) is 20.5. The lowest BCUT2D eigenvalue weighted by molar-refractivity contribution is -0.124. The molecule has 2 fully saturated rings. The van der Waals surface area contributed by atoms with Gasteiger partial charge in [0.15, 0.2) is 5.96 Å². The highest BCUT2D eigenvalue weighted by Crippen LogP contribution is 2.18. The van der Waals surface area contributed by atoms with Crippen LogP contribution in [0.25, 0.3) is 0 Å². The molecule has 2 aliphatic rings. The Hall–Kier alpha value is -1.35. The van der Waals surface area contributed by atoms with Crippen LogP contribution in [0.3, 0.4) is 0 Å². The average molecular weight is 472 g/mol. The first-order valence-electron chi connectivity index (χ1n) is 9.23. The Morgan fingerprint density at radius 1 is 1.23 bits per heavy atom. The SMILES string of the molecule is CN=C(NCc1cccc(NC(=O)C2CCCO2)c1)NC1CCCC1.I. The second-order valence-electron chi connectivity index (χ2n) is 6.74. The minimum Gasteiger partial charge on any atom is -0.368 e.